The number of nitrogens with zero attached hydrogens (tertiary/aromatic N) is 4. The van der Waals surface area contributed by atoms with E-state index in [1.165, 1.54) is 31.6 Å². The van der Waals surface area contributed by atoms with E-state index in [1.54, 1.807) is 18.2 Å². The molecule has 1 aromatic heterocycles. The van der Waals surface area contributed by atoms with Gasteiger partial charge < -0.3 is 20.3 Å². The van der Waals surface area contributed by atoms with E-state index < -0.39 is 5.82 Å². The number of carbonyl (C=O) groups excluding carboxylic acids is 1. The van der Waals surface area contributed by atoms with Gasteiger partial charge in [0.05, 0.1) is 23.3 Å². The number of fused-ring (bicyclic) bond motifs is 1. The topological polar surface area (TPSA) is 82.6 Å². The Hall–Kier alpha value is -3.27. The highest BCUT2D eigenvalue weighted by Gasteiger charge is 2.14. The van der Waals surface area contributed by atoms with Gasteiger partial charge in [-0.2, -0.15) is 0 Å². The van der Waals surface area contributed by atoms with Crippen molar-refractivity contribution in [3.05, 3.63) is 59.7 Å². The quantitative estimate of drug-likeness (QED) is 0.492. The van der Waals surface area contributed by atoms with Crippen molar-refractivity contribution in [2.24, 2.45) is 0 Å². The highest BCUT2D eigenvalue weighted by atomic mass is 35.5. The van der Waals surface area contributed by atoms with Crippen molar-refractivity contribution in [3.63, 3.8) is 0 Å². The minimum absolute atomic E-state index is 0.00124. The van der Waals surface area contributed by atoms with Crippen LogP contribution in [-0.2, 0) is 4.79 Å². The SMILES string of the molecule is COc1cc2ncnc(Nc3ccc(F)c(Cl)c3)c2cc1NC(=O)/C=C/CN1CCN(C)CC1. The summed E-state index contributed by atoms with van der Waals surface area (Å²) < 4.78 is 19.0. The smallest absolute Gasteiger partial charge is 0.248 e. The van der Waals surface area contributed by atoms with E-state index in [1.807, 2.05) is 6.08 Å². The number of anilines is 3. The lowest BCUT2D eigenvalue weighted by Gasteiger charge is -2.31. The summed E-state index contributed by atoms with van der Waals surface area (Å²) in [7, 11) is 3.64. The summed E-state index contributed by atoms with van der Waals surface area (Å²) in [5.41, 5.74) is 1.67. The van der Waals surface area contributed by atoms with Crippen molar-refractivity contribution >= 4 is 45.6 Å². The highest BCUT2D eigenvalue weighted by Crippen LogP contribution is 2.33. The number of hydrogen-bond acceptors (Lipinski definition) is 7. The number of nitrogens with one attached hydrogen (secondary N) is 2. The van der Waals surface area contributed by atoms with Crippen molar-refractivity contribution in [3.8, 4) is 5.75 Å². The van der Waals surface area contributed by atoms with E-state index >= 15 is 0 Å². The standard InChI is InChI=1S/C24H26ClFN6O2/c1-31-8-10-32(11-9-31)7-3-4-23(33)30-21-13-17-20(14-22(21)34-2)27-15-28-24(17)29-16-5-6-19(26)18(25)12-16/h3-6,12-15H,7-11H2,1-2H3,(H,30,33)(H,27,28,29)/b4-3+. The average molecular weight is 485 g/mol. The molecule has 2 aromatic carbocycles. The van der Waals surface area contributed by atoms with Gasteiger partial charge in [0.15, 0.2) is 0 Å². The number of likely N-dealkylation sites (N-methyl/N-ethyl adjacent to an activating group) is 1. The Balaban J connectivity index is 1.52. The number of hydrogen-bond donors (Lipinski definition) is 2. The molecule has 1 amide bonds. The van der Waals surface area contributed by atoms with Crippen LogP contribution in [0.2, 0.25) is 5.02 Å². The van der Waals surface area contributed by atoms with Crippen LogP contribution in [0.3, 0.4) is 0 Å². The van der Waals surface area contributed by atoms with Gasteiger partial charge in [0.1, 0.15) is 23.7 Å². The van der Waals surface area contributed by atoms with Crippen molar-refractivity contribution in [2.75, 3.05) is 57.5 Å². The maximum absolute atomic E-state index is 13.5. The largest absolute Gasteiger partial charge is 0.494 e. The molecule has 0 spiro atoms. The Morgan fingerprint density at radius 3 is 2.74 bits per heavy atom. The van der Waals surface area contributed by atoms with E-state index in [2.05, 4.69) is 37.4 Å². The molecule has 0 saturated carbocycles. The molecule has 10 heteroatoms. The summed E-state index contributed by atoms with van der Waals surface area (Å²) in [5, 5.41) is 6.66. The van der Waals surface area contributed by atoms with Gasteiger partial charge in [-0.1, -0.05) is 17.7 Å². The molecule has 0 unspecified atom stereocenters. The van der Waals surface area contributed by atoms with Crippen LogP contribution in [0.1, 0.15) is 0 Å². The Kier molecular flexibility index (Phi) is 7.56. The maximum Gasteiger partial charge on any atom is 0.248 e. The van der Waals surface area contributed by atoms with E-state index in [0.29, 0.717) is 33.8 Å². The highest BCUT2D eigenvalue weighted by molar-refractivity contribution is 6.31. The first-order valence-electron chi connectivity index (χ1n) is 10.9. The minimum atomic E-state index is -0.504. The zero-order valence-electron chi connectivity index (χ0n) is 19.0. The molecule has 1 saturated heterocycles. The van der Waals surface area contributed by atoms with Gasteiger partial charge in [0, 0.05) is 55.9 Å². The number of benzene rings is 2. The zero-order chi connectivity index (χ0) is 24.1. The van der Waals surface area contributed by atoms with E-state index in [4.69, 9.17) is 16.3 Å². The van der Waals surface area contributed by atoms with Crippen LogP contribution < -0.4 is 15.4 Å². The fourth-order valence-corrected chi connectivity index (χ4v) is 3.85. The molecule has 8 nitrogen and oxygen atoms in total. The molecule has 2 N–H and O–H groups in total. The number of amides is 1. The number of aromatic nitrogens is 2. The molecule has 0 aliphatic carbocycles. The summed E-state index contributed by atoms with van der Waals surface area (Å²) in [6.07, 6.45) is 4.81. The molecular weight excluding hydrogens is 459 g/mol. The third kappa shape index (κ3) is 5.80. The fourth-order valence-electron chi connectivity index (χ4n) is 3.67. The Labute approximate surface area is 202 Å². The second-order valence-electron chi connectivity index (χ2n) is 8.04. The first kappa shape index (κ1) is 23.9. The normalized spacial score (nSPS) is 15.1. The Morgan fingerprint density at radius 2 is 2.00 bits per heavy atom. The lowest BCUT2D eigenvalue weighted by molar-refractivity contribution is -0.111. The predicted molar refractivity (Wildman–Crippen MR) is 132 cm³/mol. The summed E-state index contributed by atoms with van der Waals surface area (Å²) in [6.45, 7) is 4.73. The van der Waals surface area contributed by atoms with Gasteiger partial charge in [-0.05, 0) is 31.3 Å². The molecule has 178 valence electrons. The molecule has 1 fully saturated rings. The number of piperazine rings is 1. The van der Waals surface area contributed by atoms with Crippen LogP contribution in [0.5, 0.6) is 5.75 Å². The third-order valence-electron chi connectivity index (χ3n) is 5.63. The summed E-state index contributed by atoms with van der Waals surface area (Å²) in [6, 6.07) is 7.78. The van der Waals surface area contributed by atoms with Crippen molar-refractivity contribution in [2.45, 2.75) is 0 Å². The van der Waals surface area contributed by atoms with Crippen LogP contribution >= 0.6 is 11.6 Å². The predicted octanol–water partition coefficient (Wildman–Crippen LogP) is 3.92. The molecule has 1 aliphatic rings. The lowest BCUT2D eigenvalue weighted by atomic mass is 10.1. The third-order valence-corrected chi connectivity index (χ3v) is 5.92. The van der Waals surface area contributed by atoms with Crippen LogP contribution in [0, 0.1) is 5.82 Å². The number of methoxy groups -OCH3 is 1. The second kappa shape index (κ2) is 10.8. The van der Waals surface area contributed by atoms with E-state index in [9.17, 15) is 9.18 Å². The zero-order valence-corrected chi connectivity index (χ0v) is 19.8. The fraction of sp³-hybridized carbons (Fsp3) is 0.292. The van der Waals surface area contributed by atoms with E-state index in [0.717, 1.165) is 32.7 Å². The summed E-state index contributed by atoms with van der Waals surface area (Å²) >= 11 is 5.89. The monoisotopic (exact) mass is 484 g/mol. The molecule has 34 heavy (non-hydrogen) atoms. The minimum Gasteiger partial charge on any atom is -0.494 e. The second-order valence-corrected chi connectivity index (χ2v) is 8.45. The van der Waals surface area contributed by atoms with Crippen LogP contribution in [0.25, 0.3) is 10.9 Å². The van der Waals surface area contributed by atoms with Gasteiger partial charge in [-0.3, -0.25) is 9.69 Å². The number of rotatable bonds is 7. The molecule has 0 bridgehead atoms. The first-order valence-corrected chi connectivity index (χ1v) is 11.2. The number of ether oxygens (including phenoxy) is 1. The van der Waals surface area contributed by atoms with Crippen molar-refractivity contribution in [1.82, 2.24) is 19.8 Å². The van der Waals surface area contributed by atoms with Crippen LogP contribution in [0.15, 0.2) is 48.8 Å². The molecule has 2 heterocycles. The lowest BCUT2D eigenvalue weighted by Crippen LogP contribution is -2.44. The van der Waals surface area contributed by atoms with Crippen molar-refractivity contribution < 1.29 is 13.9 Å². The summed E-state index contributed by atoms with van der Waals surface area (Å²) in [5.74, 6) is 0.192. The number of carbonyl (C=O) groups is 1. The maximum atomic E-state index is 13.5. The van der Waals surface area contributed by atoms with Crippen LogP contribution in [-0.4, -0.2) is 72.6 Å². The average Bonchev–Trinajstić information content (AvgIpc) is 2.82. The molecule has 0 atom stereocenters. The summed E-state index contributed by atoms with van der Waals surface area (Å²) in [4.78, 5) is 25.8. The van der Waals surface area contributed by atoms with Gasteiger partial charge >= 0.3 is 0 Å². The van der Waals surface area contributed by atoms with Crippen LogP contribution in [0.4, 0.5) is 21.6 Å². The Morgan fingerprint density at radius 1 is 1.21 bits per heavy atom. The molecule has 1 aliphatic heterocycles. The van der Waals surface area contributed by atoms with Crippen molar-refractivity contribution in [1.29, 1.82) is 0 Å². The van der Waals surface area contributed by atoms with Gasteiger partial charge in [-0.25, -0.2) is 14.4 Å². The Bertz CT molecular complexity index is 1210. The first-order chi connectivity index (χ1) is 16.4. The molecule has 4 rings (SSSR count). The van der Waals surface area contributed by atoms with E-state index in [-0.39, 0.29) is 10.9 Å². The molecule has 3 aromatic rings. The van der Waals surface area contributed by atoms with Gasteiger partial charge in [-0.15, -0.1) is 0 Å². The van der Waals surface area contributed by atoms with Gasteiger partial charge in [0.2, 0.25) is 5.91 Å². The molecular formula is C24H26ClFN6O2. The van der Waals surface area contributed by atoms with Gasteiger partial charge in [0.25, 0.3) is 0 Å². The number of halogens is 2. The molecule has 0 radical (unpaired) electrons.